The SMILES string of the molecule is CC(C)C(=O)NCCNC(=O)CCNS(=O)(=O)c1ccccc1Br. The van der Waals surface area contributed by atoms with Crippen LogP contribution in [0, 0.1) is 5.92 Å². The Morgan fingerprint density at radius 1 is 1.08 bits per heavy atom. The number of halogens is 1. The Bertz CT molecular complexity index is 677. The maximum Gasteiger partial charge on any atom is 0.241 e. The molecular weight excluding hydrogens is 398 g/mol. The lowest BCUT2D eigenvalue weighted by Crippen LogP contribution is -2.37. The zero-order valence-electron chi connectivity index (χ0n) is 13.6. The summed E-state index contributed by atoms with van der Waals surface area (Å²) in [7, 11) is -3.67. The second-order valence-corrected chi connectivity index (χ2v) is 7.96. The molecule has 0 spiro atoms. The molecule has 0 atom stereocenters. The number of rotatable bonds is 9. The van der Waals surface area contributed by atoms with Crippen LogP contribution in [-0.4, -0.2) is 39.9 Å². The van der Waals surface area contributed by atoms with Crippen molar-refractivity contribution < 1.29 is 18.0 Å². The van der Waals surface area contributed by atoms with Crippen LogP contribution in [0.25, 0.3) is 0 Å². The highest BCUT2D eigenvalue weighted by molar-refractivity contribution is 9.10. The number of amides is 2. The van der Waals surface area contributed by atoms with Crippen molar-refractivity contribution >= 4 is 37.8 Å². The zero-order valence-corrected chi connectivity index (χ0v) is 16.0. The molecule has 0 bridgehead atoms. The topological polar surface area (TPSA) is 104 Å². The molecule has 1 aromatic rings. The third kappa shape index (κ3) is 6.98. The van der Waals surface area contributed by atoms with Crippen LogP contribution in [0.3, 0.4) is 0 Å². The molecule has 1 rings (SSSR count). The fourth-order valence-electron chi connectivity index (χ4n) is 1.72. The molecule has 0 fully saturated rings. The summed E-state index contributed by atoms with van der Waals surface area (Å²) < 4.78 is 27.1. The lowest BCUT2D eigenvalue weighted by Gasteiger charge is -2.10. The average molecular weight is 420 g/mol. The maximum atomic E-state index is 12.1. The van der Waals surface area contributed by atoms with Crippen molar-refractivity contribution in [2.24, 2.45) is 5.92 Å². The van der Waals surface area contributed by atoms with Gasteiger partial charge in [-0.2, -0.15) is 0 Å². The normalized spacial score (nSPS) is 11.3. The van der Waals surface area contributed by atoms with Crippen LogP contribution in [0.15, 0.2) is 33.6 Å². The van der Waals surface area contributed by atoms with Crippen LogP contribution >= 0.6 is 15.9 Å². The molecule has 0 saturated heterocycles. The van der Waals surface area contributed by atoms with Gasteiger partial charge in [0.15, 0.2) is 0 Å². The molecule has 0 aliphatic heterocycles. The van der Waals surface area contributed by atoms with Gasteiger partial charge in [-0.3, -0.25) is 9.59 Å². The standard InChI is InChI=1S/C15H22BrN3O4S/c1-11(2)15(21)18-10-9-17-14(20)7-8-19-24(22,23)13-6-4-3-5-12(13)16/h3-6,11,19H,7-10H2,1-2H3,(H,17,20)(H,18,21). The van der Waals surface area contributed by atoms with Gasteiger partial charge in [-0.1, -0.05) is 26.0 Å². The third-order valence-corrected chi connectivity index (χ3v) is 5.51. The van der Waals surface area contributed by atoms with Gasteiger partial charge in [0, 0.05) is 36.4 Å². The first-order chi connectivity index (χ1) is 11.2. The van der Waals surface area contributed by atoms with E-state index < -0.39 is 10.0 Å². The van der Waals surface area contributed by atoms with Crippen LogP contribution in [0.4, 0.5) is 0 Å². The largest absolute Gasteiger partial charge is 0.354 e. The van der Waals surface area contributed by atoms with E-state index in [2.05, 4.69) is 31.3 Å². The molecule has 0 heterocycles. The van der Waals surface area contributed by atoms with E-state index in [-0.39, 0.29) is 35.6 Å². The smallest absolute Gasteiger partial charge is 0.241 e. The highest BCUT2D eigenvalue weighted by Gasteiger charge is 2.16. The third-order valence-electron chi connectivity index (χ3n) is 3.04. The van der Waals surface area contributed by atoms with E-state index in [1.807, 2.05) is 0 Å². The monoisotopic (exact) mass is 419 g/mol. The van der Waals surface area contributed by atoms with Gasteiger partial charge in [-0.05, 0) is 28.1 Å². The van der Waals surface area contributed by atoms with E-state index in [9.17, 15) is 18.0 Å². The summed E-state index contributed by atoms with van der Waals surface area (Å²) in [5, 5.41) is 5.29. The minimum atomic E-state index is -3.67. The Kier molecular flexibility index (Phi) is 8.37. The van der Waals surface area contributed by atoms with E-state index in [4.69, 9.17) is 0 Å². The number of nitrogens with one attached hydrogen (secondary N) is 3. The Morgan fingerprint density at radius 2 is 1.71 bits per heavy atom. The van der Waals surface area contributed by atoms with Crippen LogP contribution in [0.5, 0.6) is 0 Å². The second-order valence-electron chi connectivity index (χ2n) is 5.37. The molecule has 9 heteroatoms. The van der Waals surface area contributed by atoms with Gasteiger partial charge in [0.25, 0.3) is 0 Å². The minimum absolute atomic E-state index is 0.00610. The molecule has 0 saturated carbocycles. The molecule has 3 N–H and O–H groups in total. The fraction of sp³-hybridized carbons (Fsp3) is 0.467. The first-order valence-corrected chi connectivity index (χ1v) is 9.80. The highest BCUT2D eigenvalue weighted by atomic mass is 79.9. The van der Waals surface area contributed by atoms with E-state index in [1.54, 1.807) is 32.0 Å². The number of carbonyl (C=O) groups is 2. The van der Waals surface area contributed by atoms with E-state index >= 15 is 0 Å². The molecule has 2 amide bonds. The van der Waals surface area contributed by atoms with Gasteiger partial charge in [0.1, 0.15) is 0 Å². The van der Waals surface area contributed by atoms with Crippen LogP contribution in [0.1, 0.15) is 20.3 Å². The Balaban J connectivity index is 2.30. The summed E-state index contributed by atoms with van der Waals surface area (Å²) in [6, 6.07) is 6.45. The van der Waals surface area contributed by atoms with Gasteiger partial charge >= 0.3 is 0 Å². The summed E-state index contributed by atoms with van der Waals surface area (Å²) >= 11 is 3.18. The number of hydrogen-bond donors (Lipinski definition) is 3. The molecule has 24 heavy (non-hydrogen) atoms. The van der Waals surface area contributed by atoms with Crippen molar-refractivity contribution in [2.45, 2.75) is 25.2 Å². The Labute approximate surface area is 150 Å². The summed E-state index contributed by atoms with van der Waals surface area (Å²) in [6.07, 6.45) is 0.0157. The molecular formula is C15H22BrN3O4S. The predicted octanol–water partition coefficient (Wildman–Crippen LogP) is 1.01. The first kappa shape index (κ1) is 20.6. The summed E-state index contributed by atoms with van der Waals surface area (Å²) in [4.78, 5) is 23.1. The molecule has 7 nitrogen and oxygen atoms in total. The maximum absolute atomic E-state index is 12.1. The van der Waals surface area contributed by atoms with Crippen molar-refractivity contribution in [3.8, 4) is 0 Å². The van der Waals surface area contributed by atoms with Gasteiger partial charge in [0.05, 0.1) is 4.90 Å². The Hall–Kier alpha value is -1.45. The quantitative estimate of drug-likeness (QED) is 0.519. The molecule has 0 aromatic heterocycles. The summed E-state index contributed by atoms with van der Waals surface area (Å²) in [6.45, 7) is 4.20. The van der Waals surface area contributed by atoms with E-state index in [0.717, 1.165) is 0 Å². The molecule has 0 unspecified atom stereocenters. The van der Waals surface area contributed by atoms with Crippen molar-refractivity contribution in [3.63, 3.8) is 0 Å². The number of hydrogen-bond acceptors (Lipinski definition) is 4. The molecule has 0 radical (unpaired) electrons. The molecule has 0 aliphatic carbocycles. The number of sulfonamides is 1. The van der Waals surface area contributed by atoms with Crippen LogP contribution < -0.4 is 15.4 Å². The predicted molar refractivity (Wildman–Crippen MR) is 94.8 cm³/mol. The van der Waals surface area contributed by atoms with Gasteiger partial charge < -0.3 is 10.6 Å². The summed E-state index contributed by atoms with van der Waals surface area (Å²) in [5.41, 5.74) is 0. The van der Waals surface area contributed by atoms with Crippen molar-refractivity contribution in [3.05, 3.63) is 28.7 Å². The highest BCUT2D eigenvalue weighted by Crippen LogP contribution is 2.20. The van der Waals surface area contributed by atoms with Crippen molar-refractivity contribution in [2.75, 3.05) is 19.6 Å². The van der Waals surface area contributed by atoms with Crippen molar-refractivity contribution in [1.82, 2.24) is 15.4 Å². The van der Waals surface area contributed by atoms with Crippen molar-refractivity contribution in [1.29, 1.82) is 0 Å². The number of carbonyl (C=O) groups excluding carboxylic acids is 2. The van der Waals surface area contributed by atoms with Gasteiger partial charge in [0.2, 0.25) is 21.8 Å². The van der Waals surface area contributed by atoms with Crippen LogP contribution in [0.2, 0.25) is 0 Å². The average Bonchev–Trinajstić information content (AvgIpc) is 2.51. The van der Waals surface area contributed by atoms with E-state index in [0.29, 0.717) is 17.6 Å². The zero-order chi connectivity index (χ0) is 18.2. The van der Waals surface area contributed by atoms with Gasteiger partial charge in [-0.15, -0.1) is 0 Å². The Morgan fingerprint density at radius 3 is 2.33 bits per heavy atom. The fourth-order valence-corrected chi connectivity index (χ4v) is 3.75. The van der Waals surface area contributed by atoms with Gasteiger partial charge in [-0.25, -0.2) is 13.1 Å². The second kappa shape index (κ2) is 9.75. The lowest BCUT2D eigenvalue weighted by molar-refractivity contribution is -0.124. The summed E-state index contributed by atoms with van der Waals surface area (Å²) in [5.74, 6) is -0.471. The molecule has 0 aliphatic rings. The van der Waals surface area contributed by atoms with E-state index in [1.165, 1.54) is 6.07 Å². The number of benzene rings is 1. The minimum Gasteiger partial charge on any atom is -0.354 e. The molecule has 1 aromatic carbocycles. The molecule has 134 valence electrons. The first-order valence-electron chi connectivity index (χ1n) is 7.52. The lowest BCUT2D eigenvalue weighted by atomic mass is 10.2. The van der Waals surface area contributed by atoms with Crippen LogP contribution in [-0.2, 0) is 19.6 Å².